The molecule has 0 atom stereocenters. The average molecular weight is 433 g/mol. The van der Waals surface area contributed by atoms with E-state index in [1.54, 1.807) is 24.3 Å². The van der Waals surface area contributed by atoms with Crippen molar-refractivity contribution in [1.82, 2.24) is 19.9 Å². The van der Waals surface area contributed by atoms with E-state index in [2.05, 4.69) is 19.9 Å². The maximum atomic E-state index is 11.7. The van der Waals surface area contributed by atoms with Crippen molar-refractivity contribution in [3.8, 4) is 17.1 Å². The molecule has 2 aromatic heterocycles. The molecule has 1 aromatic carbocycles. The molecule has 8 heteroatoms. The molecule has 1 fully saturated rings. The van der Waals surface area contributed by atoms with Crippen LogP contribution in [-0.2, 0) is 11.3 Å². The summed E-state index contributed by atoms with van der Waals surface area (Å²) in [6, 6.07) is 12.5. The highest BCUT2D eigenvalue weighted by atomic mass is 16.5. The number of aromatic nitrogens is 3. The third-order valence-electron chi connectivity index (χ3n) is 5.65. The number of hydrogen-bond acceptors (Lipinski definition) is 7. The molecular weight excluding hydrogens is 404 g/mol. The number of ether oxygens (including phenoxy) is 1. The first-order valence-electron chi connectivity index (χ1n) is 10.8. The van der Waals surface area contributed by atoms with Crippen molar-refractivity contribution < 1.29 is 9.53 Å². The lowest BCUT2D eigenvalue weighted by Crippen LogP contribution is -2.38. The van der Waals surface area contributed by atoms with Crippen molar-refractivity contribution >= 4 is 11.6 Å². The molecule has 166 valence electrons. The van der Waals surface area contributed by atoms with Crippen molar-refractivity contribution in [2.75, 3.05) is 31.6 Å². The van der Waals surface area contributed by atoms with Crippen LogP contribution in [0.2, 0.25) is 0 Å². The number of carbonyl (C=O) groups excluding carboxylic acids is 1. The van der Waals surface area contributed by atoms with E-state index >= 15 is 0 Å². The molecule has 1 aliphatic rings. The number of rotatable bonds is 7. The number of anilines is 1. The Hall–Kier alpha value is -3.52. The van der Waals surface area contributed by atoms with Gasteiger partial charge in [-0.15, -0.1) is 0 Å². The Morgan fingerprint density at radius 2 is 1.84 bits per heavy atom. The van der Waals surface area contributed by atoms with Gasteiger partial charge in [-0.1, -0.05) is 18.2 Å². The fourth-order valence-corrected chi connectivity index (χ4v) is 3.83. The summed E-state index contributed by atoms with van der Waals surface area (Å²) in [5.41, 5.74) is 9.55. The zero-order valence-corrected chi connectivity index (χ0v) is 18.2. The van der Waals surface area contributed by atoms with Crippen LogP contribution in [0.5, 0.6) is 6.01 Å². The maximum absolute atomic E-state index is 11.7. The second kappa shape index (κ2) is 10.2. The lowest BCUT2D eigenvalue weighted by atomic mass is 10.1. The summed E-state index contributed by atoms with van der Waals surface area (Å²) in [5.74, 6) is -0.0909. The summed E-state index contributed by atoms with van der Waals surface area (Å²) in [4.78, 5) is 28.6. The SMILES string of the molecule is CN(Cc1cccc(-c2cnc(OC3CCN(c4ccncc4)CC3)nc2)c1)C(=O)CN. The van der Waals surface area contributed by atoms with Crippen molar-refractivity contribution in [2.24, 2.45) is 5.73 Å². The van der Waals surface area contributed by atoms with Gasteiger partial charge in [-0.05, 0) is 29.3 Å². The van der Waals surface area contributed by atoms with Gasteiger partial charge in [-0.3, -0.25) is 9.78 Å². The molecule has 0 radical (unpaired) electrons. The van der Waals surface area contributed by atoms with Crippen LogP contribution in [0.4, 0.5) is 5.69 Å². The van der Waals surface area contributed by atoms with Gasteiger partial charge in [-0.2, -0.15) is 0 Å². The van der Waals surface area contributed by atoms with Crippen LogP contribution in [-0.4, -0.2) is 58.5 Å². The van der Waals surface area contributed by atoms with Crippen LogP contribution in [0.25, 0.3) is 11.1 Å². The summed E-state index contributed by atoms with van der Waals surface area (Å²) in [6.07, 6.45) is 9.15. The van der Waals surface area contributed by atoms with Crippen molar-refractivity contribution in [3.05, 3.63) is 66.7 Å². The second-order valence-corrected chi connectivity index (χ2v) is 7.92. The Balaban J connectivity index is 1.34. The van der Waals surface area contributed by atoms with E-state index in [-0.39, 0.29) is 18.6 Å². The molecule has 1 amide bonds. The number of pyridine rings is 1. The molecule has 1 aliphatic heterocycles. The number of nitrogens with two attached hydrogens (primary N) is 1. The minimum absolute atomic E-state index is 0.00819. The summed E-state index contributed by atoms with van der Waals surface area (Å²) in [7, 11) is 1.75. The van der Waals surface area contributed by atoms with Gasteiger partial charge in [0.15, 0.2) is 0 Å². The second-order valence-electron chi connectivity index (χ2n) is 7.92. The van der Waals surface area contributed by atoms with E-state index in [1.807, 2.05) is 48.8 Å². The average Bonchev–Trinajstić information content (AvgIpc) is 2.85. The van der Waals surface area contributed by atoms with Crippen LogP contribution in [0.1, 0.15) is 18.4 Å². The number of benzene rings is 1. The molecule has 0 unspecified atom stereocenters. The molecule has 3 heterocycles. The fraction of sp³-hybridized carbons (Fsp3) is 0.333. The number of amides is 1. The molecule has 0 bridgehead atoms. The quantitative estimate of drug-likeness (QED) is 0.613. The predicted octanol–water partition coefficient (Wildman–Crippen LogP) is 2.50. The van der Waals surface area contributed by atoms with E-state index < -0.39 is 0 Å². The molecule has 0 aliphatic carbocycles. The van der Waals surface area contributed by atoms with Gasteiger partial charge in [0.2, 0.25) is 5.91 Å². The smallest absolute Gasteiger partial charge is 0.316 e. The van der Waals surface area contributed by atoms with Crippen LogP contribution >= 0.6 is 0 Å². The van der Waals surface area contributed by atoms with Gasteiger partial charge < -0.3 is 20.3 Å². The van der Waals surface area contributed by atoms with E-state index in [4.69, 9.17) is 10.5 Å². The largest absolute Gasteiger partial charge is 0.460 e. The first-order chi connectivity index (χ1) is 15.6. The first-order valence-corrected chi connectivity index (χ1v) is 10.8. The summed E-state index contributed by atoms with van der Waals surface area (Å²) in [6.45, 7) is 2.37. The van der Waals surface area contributed by atoms with E-state index in [0.717, 1.165) is 42.6 Å². The summed E-state index contributed by atoms with van der Waals surface area (Å²) >= 11 is 0. The number of carbonyl (C=O) groups is 1. The van der Waals surface area contributed by atoms with Gasteiger partial charge in [0, 0.05) is 75.6 Å². The monoisotopic (exact) mass is 432 g/mol. The molecule has 3 aromatic rings. The molecule has 32 heavy (non-hydrogen) atoms. The van der Waals surface area contributed by atoms with Gasteiger partial charge >= 0.3 is 6.01 Å². The molecule has 4 rings (SSSR count). The van der Waals surface area contributed by atoms with Crippen LogP contribution in [0, 0.1) is 0 Å². The van der Waals surface area contributed by atoms with Gasteiger partial charge in [0.1, 0.15) is 6.10 Å². The number of nitrogens with zero attached hydrogens (tertiary/aromatic N) is 5. The highest BCUT2D eigenvalue weighted by Crippen LogP contribution is 2.23. The first kappa shape index (κ1) is 21.7. The molecule has 2 N–H and O–H groups in total. The number of likely N-dealkylation sites (N-methyl/N-ethyl adjacent to an activating group) is 1. The number of hydrogen-bond donors (Lipinski definition) is 1. The minimum Gasteiger partial charge on any atom is -0.460 e. The zero-order chi connectivity index (χ0) is 22.3. The molecule has 0 saturated carbocycles. The van der Waals surface area contributed by atoms with E-state index in [9.17, 15) is 4.79 Å². The van der Waals surface area contributed by atoms with Crippen LogP contribution in [0.15, 0.2) is 61.2 Å². The minimum atomic E-state index is -0.0909. The zero-order valence-electron chi connectivity index (χ0n) is 18.2. The Morgan fingerprint density at radius 1 is 1.12 bits per heavy atom. The summed E-state index contributed by atoms with van der Waals surface area (Å²) < 4.78 is 6.03. The molecular formula is C24H28N6O2. The Bertz CT molecular complexity index is 1020. The molecule has 0 spiro atoms. The van der Waals surface area contributed by atoms with Gasteiger partial charge in [0.25, 0.3) is 0 Å². The number of piperidine rings is 1. The lowest BCUT2D eigenvalue weighted by molar-refractivity contribution is -0.128. The predicted molar refractivity (Wildman–Crippen MR) is 123 cm³/mol. The Kier molecular flexibility index (Phi) is 6.91. The van der Waals surface area contributed by atoms with E-state index in [0.29, 0.717) is 12.6 Å². The third-order valence-corrected chi connectivity index (χ3v) is 5.65. The topological polar surface area (TPSA) is 97.5 Å². The highest BCUT2D eigenvalue weighted by Gasteiger charge is 2.21. The summed E-state index contributed by atoms with van der Waals surface area (Å²) in [5, 5.41) is 0. The maximum Gasteiger partial charge on any atom is 0.316 e. The van der Waals surface area contributed by atoms with Crippen molar-refractivity contribution in [2.45, 2.75) is 25.5 Å². The van der Waals surface area contributed by atoms with Gasteiger partial charge in [0.05, 0.1) is 6.54 Å². The van der Waals surface area contributed by atoms with Crippen molar-refractivity contribution in [1.29, 1.82) is 0 Å². The van der Waals surface area contributed by atoms with Crippen LogP contribution in [0.3, 0.4) is 0 Å². The fourth-order valence-electron chi connectivity index (χ4n) is 3.83. The van der Waals surface area contributed by atoms with Crippen LogP contribution < -0.4 is 15.4 Å². The standard InChI is InChI=1S/C24H28N6O2/c1-29(23(31)14-25)17-18-3-2-4-19(13-18)20-15-27-24(28-16-20)32-22-7-11-30(12-8-22)21-5-9-26-10-6-21/h2-6,9-10,13,15-16,22H,7-8,11-12,14,17,25H2,1H3. The molecule has 1 saturated heterocycles. The Morgan fingerprint density at radius 3 is 2.53 bits per heavy atom. The molecule has 8 nitrogen and oxygen atoms in total. The normalized spacial score (nSPS) is 14.2. The lowest BCUT2D eigenvalue weighted by Gasteiger charge is -2.33. The van der Waals surface area contributed by atoms with E-state index in [1.165, 1.54) is 5.69 Å². The third kappa shape index (κ3) is 5.39. The van der Waals surface area contributed by atoms with Crippen molar-refractivity contribution in [3.63, 3.8) is 0 Å². The Labute approximate surface area is 188 Å². The van der Waals surface area contributed by atoms with Gasteiger partial charge in [-0.25, -0.2) is 9.97 Å². The highest BCUT2D eigenvalue weighted by molar-refractivity contribution is 5.77.